The average Bonchev–Trinajstić information content (AvgIpc) is 2.28. The highest BCUT2D eigenvalue weighted by molar-refractivity contribution is 5.63. The molecule has 0 aromatic heterocycles. The minimum absolute atomic E-state index is 0.118. The number of nitrogens with zero attached hydrogens (tertiary/aromatic N) is 4. The van der Waals surface area contributed by atoms with Crippen molar-refractivity contribution in [1.82, 2.24) is 0 Å². The summed E-state index contributed by atoms with van der Waals surface area (Å²) in [6.07, 6.45) is 4.00. The van der Waals surface area contributed by atoms with Crippen LogP contribution in [0.3, 0.4) is 0 Å². The van der Waals surface area contributed by atoms with Crippen LogP contribution in [-0.2, 0) is 0 Å². The Hall–Kier alpha value is -2.33. The molecular weight excluding hydrogens is 220 g/mol. The molecule has 0 saturated heterocycles. The molecule has 0 spiro atoms. The van der Waals surface area contributed by atoms with E-state index < -0.39 is 0 Å². The van der Waals surface area contributed by atoms with Gasteiger partial charge in [0.1, 0.15) is 0 Å². The SMILES string of the molecule is Cc1cccc(C=CCCN=[N+]=[N-])c1[N+](=O)[O-]. The summed E-state index contributed by atoms with van der Waals surface area (Å²) in [5.74, 6) is 0. The Balaban J connectivity index is 2.87. The molecule has 1 rings (SSSR count). The van der Waals surface area contributed by atoms with Gasteiger partial charge in [-0.2, -0.15) is 0 Å². The quantitative estimate of drug-likeness (QED) is 0.194. The molecule has 0 saturated carbocycles. The smallest absolute Gasteiger partial charge is 0.258 e. The lowest BCUT2D eigenvalue weighted by molar-refractivity contribution is -0.385. The lowest BCUT2D eigenvalue weighted by atomic mass is 10.1. The van der Waals surface area contributed by atoms with Gasteiger partial charge in [0.05, 0.1) is 10.5 Å². The standard InChI is InChI=1S/C11H12N4O2/c1-9-5-4-7-10(11(9)15(16)17)6-2-3-8-13-14-12/h2,4-7H,3,8H2,1H3. The van der Waals surface area contributed by atoms with Crippen LogP contribution in [0.2, 0.25) is 0 Å². The molecule has 6 nitrogen and oxygen atoms in total. The van der Waals surface area contributed by atoms with Gasteiger partial charge in [-0.3, -0.25) is 10.1 Å². The summed E-state index contributed by atoms with van der Waals surface area (Å²) in [5.41, 5.74) is 9.40. The minimum atomic E-state index is -0.386. The Morgan fingerprint density at radius 3 is 3.00 bits per heavy atom. The van der Waals surface area contributed by atoms with E-state index in [1.807, 2.05) is 0 Å². The van der Waals surface area contributed by atoms with Gasteiger partial charge in [-0.15, -0.1) is 0 Å². The molecule has 0 heterocycles. The van der Waals surface area contributed by atoms with Crippen molar-refractivity contribution in [3.8, 4) is 0 Å². The van der Waals surface area contributed by atoms with E-state index in [0.29, 0.717) is 24.1 Å². The molecule has 0 atom stereocenters. The first-order chi connectivity index (χ1) is 8.16. The maximum atomic E-state index is 10.9. The van der Waals surface area contributed by atoms with Gasteiger partial charge in [-0.1, -0.05) is 29.4 Å². The maximum absolute atomic E-state index is 10.9. The van der Waals surface area contributed by atoms with Crippen LogP contribution in [0.5, 0.6) is 0 Å². The van der Waals surface area contributed by atoms with Crippen LogP contribution in [0.1, 0.15) is 17.5 Å². The fourth-order valence-electron chi connectivity index (χ4n) is 1.45. The summed E-state index contributed by atoms with van der Waals surface area (Å²) in [6, 6.07) is 5.17. The monoisotopic (exact) mass is 232 g/mol. The van der Waals surface area contributed by atoms with E-state index in [4.69, 9.17) is 5.53 Å². The van der Waals surface area contributed by atoms with Gasteiger partial charge in [-0.25, -0.2) is 0 Å². The average molecular weight is 232 g/mol. The molecule has 0 radical (unpaired) electrons. The predicted molar refractivity (Wildman–Crippen MR) is 65.5 cm³/mol. The van der Waals surface area contributed by atoms with Crippen LogP contribution in [0, 0.1) is 17.0 Å². The van der Waals surface area contributed by atoms with Crippen molar-refractivity contribution in [2.45, 2.75) is 13.3 Å². The summed E-state index contributed by atoms with van der Waals surface area (Å²) in [4.78, 5) is 13.1. The highest BCUT2D eigenvalue weighted by atomic mass is 16.6. The fourth-order valence-corrected chi connectivity index (χ4v) is 1.45. The van der Waals surface area contributed by atoms with Crippen molar-refractivity contribution < 1.29 is 4.92 Å². The molecule has 1 aromatic carbocycles. The molecule has 0 aliphatic heterocycles. The van der Waals surface area contributed by atoms with Crippen LogP contribution in [0.4, 0.5) is 5.69 Å². The van der Waals surface area contributed by atoms with E-state index in [9.17, 15) is 10.1 Å². The van der Waals surface area contributed by atoms with Gasteiger partial charge >= 0.3 is 0 Å². The first kappa shape index (κ1) is 12.7. The van der Waals surface area contributed by atoms with Crippen molar-refractivity contribution in [2.24, 2.45) is 5.11 Å². The number of hydrogen-bond acceptors (Lipinski definition) is 3. The first-order valence-electron chi connectivity index (χ1n) is 5.08. The number of hydrogen-bond donors (Lipinski definition) is 0. The molecule has 17 heavy (non-hydrogen) atoms. The van der Waals surface area contributed by atoms with Crippen LogP contribution >= 0.6 is 0 Å². The van der Waals surface area contributed by atoms with Gasteiger partial charge in [0.15, 0.2) is 0 Å². The lowest BCUT2D eigenvalue weighted by Crippen LogP contribution is -1.94. The number of nitro benzene ring substituents is 1. The summed E-state index contributed by atoms with van der Waals surface area (Å²) in [6.45, 7) is 2.06. The molecule has 6 heteroatoms. The largest absolute Gasteiger partial charge is 0.279 e. The molecule has 1 aromatic rings. The molecule has 0 bridgehead atoms. The zero-order valence-corrected chi connectivity index (χ0v) is 9.41. The molecule has 0 aliphatic carbocycles. The highest BCUT2D eigenvalue weighted by Crippen LogP contribution is 2.24. The van der Waals surface area contributed by atoms with Gasteiger partial charge in [0, 0.05) is 17.0 Å². The molecule has 0 fully saturated rings. The van der Waals surface area contributed by atoms with Crippen LogP contribution < -0.4 is 0 Å². The number of azide groups is 1. The number of para-hydroxylation sites is 1. The molecule has 0 amide bonds. The van der Waals surface area contributed by atoms with E-state index in [1.165, 1.54) is 0 Å². The third kappa shape index (κ3) is 3.62. The second-order valence-electron chi connectivity index (χ2n) is 3.42. The maximum Gasteiger partial charge on any atom is 0.279 e. The third-order valence-corrected chi connectivity index (χ3v) is 2.21. The Morgan fingerprint density at radius 2 is 2.35 bits per heavy atom. The number of benzene rings is 1. The number of aryl methyl sites for hydroxylation is 1. The van der Waals surface area contributed by atoms with Gasteiger partial charge in [-0.05, 0) is 24.9 Å². The van der Waals surface area contributed by atoms with Crippen molar-refractivity contribution >= 4 is 11.8 Å². The Labute approximate surface area is 98.4 Å². The third-order valence-electron chi connectivity index (χ3n) is 2.21. The van der Waals surface area contributed by atoms with Gasteiger partial charge < -0.3 is 0 Å². The van der Waals surface area contributed by atoms with E-state index in [2.05, 4.69) is 10.0 Å². The van der Waals surface area contributed by atoms with Gasteiger partial charge in [0.25, 0.3) is 5.69 Å². The Kier molecular flexibility index (Phi) is 4.72. The van der Waals surface area contributed by atoms with E-state index in [0.717, 1.165) is 0 Å². The van der Waals surface area contributed by atoms with Gasteiger partial charge in [0.2, 0.25) is 0 Å². The Bertz CT molecular complexity index is 490. The molecule has 88 valence electrons. The highest BCUT2D eigenvalue weighted by Gasteiger charge is 2.13. The first-order valence-corrected chi connectivity index (χ1v) is 5.08. The van der Waals surface area contributed by atoms with E-state index >= 15 is 0 Å². The molecule has 0 aliphatic rings. The van der Waals surface area contributed by atoms with E-state index in [1.54, 1.807) is 37.3 Å². The van der Waals surface area contributed by atoms with Crippen molar-refractivity contribution in [1.29, 1.82) is 0 Å². The summed E-state index contributed by atoms with van der Waals surface area (Å²) in [7, 11) is 0. The van der Waals surface area contributed by atoms with E-state index in [-0.39, 0.29) is 10.6 Å². The fraction of sp³-hybridized carbons (Fsp3) is 0.273. The van der Waals surface area contributed by atoms with Crippen molar-refractivity contribution in [3.63, 3.8) is 0 Å². The second-order valence-corrected chi connectivity index (χ2v) is 3.42. The number of nitro groups is 1. The molecule has 0 N–H and O–H groups in total. The zero-order valence-electron chi connectivity index (χ0n) is 9.41. The Morgan fingerprint density at radius 1 is 1.59 bits per heavy atom. The van der Waals surface area contributed by atoms with Crippen LogP contribution in [0.25, 0.3) is 16.5 Å². The summed E-state index contributed by atoms with van der Waals surface area (Å²) >= 11 is 0. The minimum Gasteiger partial charge on any atom is -0.258 e. The summed E-state index contributed by atoms with van der Waals surface area (Å²) < 4.78 is 0. The summed E-state index contributed by atoms with van der Waals surface area (Å²) in [5, 5.41) is 14.3. The number of rotatable bonds is 5. The van der Waals surface area contributed by atoms with Crippen LogP contribution in [-0.4, -0.2) is 11.5 Å². The lowest BCUT2D eigenvalue weighted by Gasteiger charge is -2.00. The van der Waals surface area contributed by atoms with Crippen molar-refractivity contribution in [2.75, 3.05) is 6.54 Å². The second kappa shape index (κ2) is 6.30. The van der Waals surface area contributed by atoms with Crippen LogP contribution in [0.15, 0.2) is 29.4 Å². The molecule has 0 unspecified atom stereocenters. The molecular formula is C11H12N4O2. The normalized spacial score (nSPS) is 10.2. The van der Waals surface area contributed by atoms with Crippen molar-refractivity contribution in [3.05, 3.63) is 56.0 Å². The zero-order chi connectivity index (χ0) is 12.7. The topological polar surface area (TPSA) is 91.9 Å². The predicted octanol–water partition coefficient (Wildman–Crippen LogP) is 3.62.